The smallest absolute Gasteiger partial charge is 0.306 e. The largest absolute Gasteiger partial charge is 0.469 e. The summed E-state index contributed by atoms with van der Waals surface area (Å²) in [6.45, 7) is 12.2. The van der Waals surface area contributed by atoms with Gasteiger partial charge in [0.2, 0.25) is 0 Å². The number of carbonyl (C=O) groups excluding carboxylic acids is 3. The number of ether oxygens (including phenoxy) is 3. The Morgan fingerprint density at radius 3 is 1.71 bits per heavy atom. The van der Waals surface area contributed by atoms with E-state index >= 15 is 0 Å². The van der Waals surface area contributed by atoms with Crippen molar-refractivity contribution in [2.75, 3.05) is 20.3 Å². The highest BCUT2D eigenvalue weighted by molar-refractivity contribution is 5.77. The van der Waals surface area contributed by atoms with Crippen LogP contribution in [-0.4, -0.2) is 38.2 Å². The maximum absolute atomic E-state index is 12.6. The van der Waals surface area contributed by atoms with Crippen molar-refractivity contribution in [1.82, 2.24) is 0 Å². The minimum absolute atomic E-state index is 0.0515. The first-order valence-electron chi connectivity index (χ1n) is 23.3. The lowest BCUT2D eigenvalue weighted by Crippen LogP contribution is -2.53. The molecule has 4 unspecified atom stereocenters. The van der Waals surface area contributed by atoms with Gasteiger partial charge in [-0.15, -0.1) is 0 Å². The minimum Gasteiger partial charge on any atom is -0.469 e. The van der Waals surface area contributed by atoms with Crippen molar-refractivity contribution in [3.8, 4) is 0 Å². The molecular formula is C49H86O6. The van der Waals surface area contributed by atoms with Crippen LogP contribution in [0.4, 0.5) is 0 Å². The number of hydrogen-bond acceptors (Lipinski definition) is 6. The molecule has 0 N–H and O–H groups in total. The second kappa shape index (κ2) is 29.2. The fourth-order valence-electron chi connectivity index (χ4n) is 9.61. The van der Waals surface area contributed by atoms with E-state index in [9.17, 15) is 14.4 Å². The van der Waals surface area contributed by atoms with Gasteiger partial charge in [0.05, 0.1) is 20.0 Å². The molecule has 0 aromatic rings. The van der Waals surface area contributed by atoms with Crippen molar-refractivity contribution in [3.63, 3.8) is 0 Å². The highest BCUT2D eigenvalue weighted by atomic mass is 16.5. The Morgan fingerprint density at radius 2 is 1.18 bits per heavy atom. The molecule has 0 bridgehead atoms. The molecule has 318 valence electrons. The normalized spacial score (nSPS) is 22.5. The average Bonchev–Trinajstić information content (AvgIpc) is 3.18. The Bertz CT molecular complexity index is 1120. The number of carbonyl (C=O) groups is 3. The molecular weight excluding hydrogens is 685 g/mol. The summed E-state index contributed by atoms with van der Waals surface area (Å²) < 4.78 is 16.2. The number of rotatable bonds is 32. The number of fused-ring (bicyclic) bond motifs is 1. The molecule has 0 amide bonds. The molecule has 2 aliphatic rings. The predicted octanol–water partition coefficient (Wildman–Crippen LogP) is 14.1. The Hall–Kier alpha value is -2.11. The van der Waals surface area contributed by atoms with Crippen molar-refractivity contribution in [3.05, 3.63) is 23.3 Å². The first-order valence-corrected chi connectivity index (χ1v) is 23.3. The lowest BCUT2D eigenvalue weighted by molar-refractivity contribution is -0.156. The van der Waals surface area contributed by atoms with Crippen LogP contribution in [0.25, 0.3) is 0 Å². The second-order valence-corrected chi connectivity index (χ2v) is 17.9. The van der Waals surface area contributed by atoms with Crippen molar-refractivity contribution in [2.24, 2.45) is 22.7 Å². The summed E-state index contributed by atoms with van der Waals surface area (Å²) in [6.07, 6.45) is 39.9. The Balaban J connectivity index is 1.54. The summed E-state index contributed by atoms with van der Waals surface area (Å²) in [5, 5.41) is 0. The quantitative estimate of drug-likeness (QED) is 0.0293. The minimum atomic E-state index is -0.389. The van der Waals surface area contributed by atoms with Gasteiger partial charge in [-0.05, 0) is 82.1 Å². The van der Waals surface area contributed by atoms with E-state index in [1.807, 2.05) is 0 Å². The second-order valence-electron chi connectivity index (χ2n) is 17.9. The van der Waals surface area contributed by atoms with Crippen molar-refractivity contribution in [2.45, 2.75) is 227 Å². The molecule has 0 aromatic carbocycles. The molecule has 55 heavy (non-hydrogen) atoms. The zero-order valence-corrected chi connectivity index (χ0v) is 36.9. The molecule has 0 saturated heterocycles. The summed E-state index contributed by atoms with van der Waals surface area (Å²) in [5.41, 5.74) is 2.56. The van der Waals surface area contributed by atoms with Crippen LogP contribution in [0.3, 0.4) is 0 Å². The molecule has 4 atom stereocenters. The van der Waals surface area contributed by atoms with Gasteiger partial charge in [0.15, 0.2) is 0 Å². The Morgan fingerprint density at radius 1 is 0.691 bits per heavy atom. The summed E-state index contributed by atoms with van der Waals surface area (Å²) >= 11 is 0. The third-order valence-corrected chi connectivity index (χ3v) is 13.8. The Kier molecular flexibility index (Phi) is 26.0. The summed E-state index contributed by atoms with van der Waals surface area (Å²) in [7, 11) is 1.34. The zero-order valence-electron chi connectivity index (χ0n) is 36.9. The van der Waals surface area contributed by atoms with E-state index in [2.05, 4.69) is 46.8 Å². The highest BCUT2D eigenvalue weighted by Crippen LogP contribution is 2.62. The standard InChI is InChI=1S/C49H86O6/c1-7-8-9-10-11-12-13-14-15-16-17-18-19-20-21-22-23-24-25-26-27-31-46(51)54-39-36-41(2)34-37-48(5)42(3)35-38-49(43(4)29-28-30-44(48)49)40-55-47(52)33-32-45(50)53-6/h29,36,42,44H,7-28,30-35,37-40H2,1-6H3. The topological polar surface area (TPSA) is 78.9 Å². The molecule has 0 aromatic heterocycles. The lowest BCUT2D eigenvalue weighted by atomic mass is 9.46. The van der Waals surface area contributed by atoms with Gasteiger partial charge in [-0.3, -0.25) is 14.4 Å². The molecule has 2 rings (SSSR count). The maximum atomic E-state index is 12.6. The van der Waals surface area contributed by atoms with E-state index in [4.69, 9.17) is 14.2 Å². The summed E-state index contributed by atoms with van der Waals surface area (Å²) in [5.74, 6) is 0.185. The third kappa shape index (κ3) is 19.3. The van der Waals surface area contributed by atoms with Crippen LogP contribution in [-0.2, 0) is 28.6 Å². The van der Waals surface area contributed by atoms with Gasteiger partial charge in [-0.2, -0.15) is 0 Å². The molecule has 6 nitrogen and oxygen atoms in total. The fourth-order valence-corrected chi connectivity index (χ4v) is 9.61. The van der Waals surface area contributed by atoms with E-state index in [-0.39, 0.29) is 41.6 Å². The van der Waals surface area contributed by atoms with Crippen LogP contribution in [0.5, 0.6) is 0 Å². The Labute approximate surface area is 339 Å². The molecule has 0 aliphatic heterocycles. The lowest BCUT2D eigenvalue weighted by Gasteiger charge is -2.59. The van der Waals surface area contributed by atoms with Crippen LogP contribution >= 0.6 is 0 Å². The summed E-state index contributed by atoms with van der Waals surface area (Å²) in [6, 6.07) is 0. The van der Waals surface area contributed by atoms with E-state index in [0.29, 0.717) is 31.5 Å². The van der Waals surface area contributed by atoms with Crippen LogP contribution in [0.2, 0.25) is 0 Å². The van der Waals surface area contributed by atoms with E-state index in [1.165, 1.54) is 140 Å². The van der Waals surface area contributed by atoms with Gasteiger partial charge < -0.3 is 14.2 Å². The third-order valence-electron chi connectivity index (χ3n) is 13.8. The molecule has 1 fully saturated rings. The molecule has 0 spiro atoms. The highest BCUT2D eigenvalue weighted by Gasteiger charge is 2.55. The van der Waals surface area contributed by atoms with Gasteiger partial charge >= 0.3 is 17.9 Å². The van der Waals surface area contributed by atoms with Crippen LogP contribution in [0.1, 0.15) is 227 Å². The first kappa shape index (κ1) is 49.0. The van der Waals surface area contributed by atoms with Gasteiger partial charge in [0, 0.05) is 11.8 Å². The molecule has 0 heterocycles. The zero-order chi connectivity index (χ0) is 40.2. The number of hydrogen-bond donors (Lipinski definition) is 0. The number of methoxy groups -OCH3 is 1. The van der Waals surface area contributed by atoms with E-state index in [0.717, 1.165) is 51.4 Å². The number of unbranched alkanes of at least 4 members (excludes halogenated alkanes) is 20. The molecule has 6 heteroatoms. The fraction of sp³-hybridized carbons (Fsp3) is 0.857. The number of allylic oxidation sites excluding steroid dienone is 2. The SMILES string of the molecule is CCCCCCCCCCCCCCCCCCCCCCCC(=O)OCC=C(C)CCC1(C)C(C)CCC2(COC(=O)CCC(=O)OC)C(C)=CCCC21. The molecule has 2 aliphatic carbocycles. The van der Waals surface area contributed by atoms with Crippen molar-refractivity contribution in [1.29, 1.82) is 0 Å². The van der Waals surface area contributed by atoms with Crippen LogP contribution in [0.15, 0.2) is 23.3 Å². The number of esters is 3. The summed E-state index contributed by atoms with van der Waals surface area (Å²) in [4.78, 5) is 36.6. The van der Waals surface area contributed by atoms with Gasteiger partial charge in [-0.1, -0.05) is 166 Å². The van der Waals surface area contributed by atoms with Crippen molar-refractivity contribution < 1.29 is 28.6 Å². The van der Waals surface area contributed by atoms with E-state index in [1.54, 1.807) is 0 Å². The van der Waals surface area contributed by atoms with Crippen LogP contribution in [0, 0.1) is 22.7 Å². The van der Waals surface area contributed by atoms with Gasteiger partial charge in [0.1, 0.15) is 13.2 Å². The average molecular weight is 771 g/mol. The van der Waals surface area contributed by atoms with E-state index < -0.39 is 0 Å². The van der Waals surface area contributed by atoms with Crippen molar-refractivity contribution >= 4 is 17.9 Å². The molecule has 1 saturated carbocycles. The maximum Gasteiger partial charge on any atom is 0.306 e. The predicted molar refractivity (Wildman–Crippen MR) is 229 cm³/mol. The van der Waals surface area contributed by atoms with Gasteiger partial charge in [-0.25, -0.2) is 0 Å². The molecule has 0 radical (unpaired) electrons. The van der Waals surface area contributed by atoms with Crippen LogP contribution < -0.4 is 0 Å². The van der Waals surface area contributed by atoms with Gasteiger partial charge in [0.25, 0.3) is 0 Å². The first-order chi connectivity index (χ1) is 26.6. The monoisotopic (exact) mass is 771 g/mol.